The summed E-state index contributed by atoms with van der Waals surface area (Å²) in [5, 5.41) is 0. The molecule has 0 fully saturated rings. The standard InChI is InChI=1S/C12H10BrClN2O/c1-8-9(5-14)2-3-12(16-8)17-11-4-10(13)6-15-7-11/h2-4,6-7H,5H2,1H3. The zero-order valence-corrected chi connectivity index (χ0v) is 11.5. The maximum atomic E-state index is 5.77. The van der Waals surface area contributed by atoms with Crippen molar-refractivity contribution in [3.05, 3.63) is 46.3 Å². The van der Waals surface area contributed by atoms with E-state index in [2.05, 4.69) is 25.9 Å². The molecule has 0 unspecified atom stereocenters. The highest BCUT2D eigenvalue weighted by Crippen LogP contribution is 2.23. The normalized spacial score (nSPS) is 10.3. The minimum atomic E-state index is 0.456. The molecular formula is C12H10BrClN2O. The van der Waals surface area contributed by atoms with E-state index in [9.17, 15) is 0 Å². The van der Waals surface area contributed by atoms with Gasteiger partial charge in [0.25, 0.3) is 0 Å². The van der Waals surface area contributed by atoms with Gasteiger partial charge in [0.05, 0.1) is 6.20 Å². The van der Waals surface area contributed by atoms with Gasteiger partial charge in [-0.2, -0.15) is 0 Å². The van der Waals surface area contributed by atoms with Gasteiger partial charge in [-0.3, -0.25) is 4.98 Å². The van der Waals surface area contributed by atoms with Crippen molar-refractivity contribution < 1.29 is 4.74 Å². The van der Waals surface area contributed by atoms with Crippen LogP contribution < -0.4 is 4.74 Å². The average Bonchev–Trinajstić information content (AvgIpc) is 2.29. The molecular weight excluding hydrogens is 304 g/mol. The predicted octanol–water partition coefficient (Wildman–Crippen LogP) is 4.08. The van der Waals surface area contributed by atoms with Gasteiger partial charge in [0.15, 0.2) is 0 Å². The number of rotatable bonds is 3. The Bertz CT molecular complexity index is 534. The monoisotopic (exact) mass is 312 g/mol. The number of alkyl halides is 1. The minimum absolute atomic E-state index is 0.456. The van der Waals surface area contributed by atoms with Crippen molar-refractivity contribution in [1.82, 2.24) is 9.97 Å². The van der Waals surface area contributed by atoms with Crippen molar-refractivity contribution in [2.24, 2.45) is 0 Å². The summed E-state index contributed by atoms with van der Waals surface area (Å²) in [5.74, 6) is 1.64. The number of pyridine rings is 2. The Labute approximate surface area is 113 Å². The lowest BCUT2D eigenvalue weighted by atomic mass is 10.2. The fourth-order valence-electron chi connectivity index (χ4n) is 1.33. The van der Waals surface area contributed by atoms with Crippen LogP contribution in [0.3, 0.4) is 0 Å². The fraction of sp³-hybridized carbons (Fsp3) is 0.167. The summed E-state index contributed by atoms with van der Waals surface area (Å²) >= 11 is 9.10. The minimum Gasteiger partial charge on any atom is -0.437 e. The summed E-state index contributed by atoms with van der Waals surface area (Å²) in [6.07, 6.45) is 3.33. The molecule has 0 saturated carbocycles. The summed E-state index contributed by atoms with van der Waals surface area (Å²) < 4.78 is 6.46. The van der Waals surface area contributed by atoms with Gasteiger partial charge in [0.1, 0.15) is 5.75 Å². The Balaban J connectivity index is 2.22. The third kappa shape index (κ3) is 3.17. The highest BCUT2D eigenvalue weighted by atomic mass is 79.9. The molecule has 2 aromatic rings. The van der Waals surface area contributed by atoms with Crippen molar-refractivity contribution in [3.8, 4) is 11.6 Å². The molecule has 0 amide bonds. The quantitative estimate of drug-likeness (QED) is 0.801. The molecule has 0 aliphatic carbocycles. The number of hydrogen-bond acceptors (Lipinski definition) is 3. The van der Waals surface area contributed by atoms with Crippen LogP contribution in [0.15, 0.2) is 35.1 Å². The Morgan fingerprint density at radius 2 is 2.18 bits per heavy atom. The van der Waals surface area contributed by atoms with Gasteiger partial charge in [0.2, 0.25) is 5.88 Å². The van der Waals surface area contributed by atoms with Crippen molar-refractivity contribution in [2.45, 2.75) is 12.8 Å². The van der Waals surface area contributed by atoms with Crippen LogP contribution in [0.5, 0.6) is 11.6 Å². The van der Waals surface area contributed by atoms with E-state index in [0.717, 1.165) is 15.7 Å². The van der Waals surface area contributed by atoms with Gasteiger partial charge in [-0.1, -0.05) is 6.07 Å². The van der Waals surface area contributed by atoms with E-state index in [0.29, 0.717) is 17.5 Å². The van der Waals surface area contributed by atoms with Gasteiger partial charge in [-0.25, -0.2) is 4.98 Å². The molecule has 0 bridgehead atoms. The molecule has 2 rings (SSSR count). The second-order valence-electron chi connectivity index (χ2n) is 3.47. The van der Waals surface area contributed by atoms with Gasteiger partial charge in [-0.15, -0.1) is 11.6 Å². The predicted molar refractivity (Wildman–Crippen MR) is 70.5 cm³/mol. The van der Waals surface area contributed by atoms with Crippen LogP contribution in [0.1, 0.15) is 11.3 Å². The lowest BCUT2D eigenvalue weighted by molar-refractivity contribution is 0.459. The van der Waals surface area contributed by atoms with Crippen molar-refractivity contribution in [1.29, 1.82) is 0 Å². The van der Waals surface area contributed by atoms with Crippen molar-refractivity contribution in [3.63, 3.8) is 0 Å². The van der Waals surface area contributed by atoms with Crippen LogP contribution in [0.4, 0.5) is 0 Å². The molecule has 88 valence electrons. The molecule has 0 aromatic carbocycles. The molecule has 0 saturated heterocycles. The lowest BCUT2D eigenvalue weighted by Crippen LogP contribution is -1.94. The molecule has 0 aliphatic heterocycles. The first-order valence-corrected chi connectivity index (χ1v) is 6.32. The smallest absolute Gasteiger partial charge is 0.219 e. The Kier molecular flexibility index (Phi) is 3.97. The zero-order chi connectivity index (χ0) is 12.3. The summed E-state index contributed by atoms with van der Waals surface area (Å²) in [7, 11) is 0. The van der Waals surface area contributed by atoms with E-state index in [4.69, 9.17) is 16.3 Å². The third-order valence-electron chi connectivity index (χ3n) is 2.22. The molecule has 2 aromatic heterocycles. The maximum Gasteiger partial charge on any atom is 0.219 e. The summed E-state index contributed by atoms with van der Waals surface area (Å²) in [6.45, 7) is 1.91. The number of ether oxygens (including phenoxy) is 1. The fourth-order valence-corrected chi connectivity index (χ4v) is 1.96. The number of halogens is 2. The largest absolute Gasteiger partial charge is 0.437 e. The third-order valence-corrected chi connectivity index (χ3v) is 2.94. The summed E-state index contributed by atoms with van der Waals surface area (Å²) in [5.41, 5.74) is 1.88. The highest BCUT2D eigenvalue weighted by molar-refractivity contribution is 9.10. The van der Waals surface area contributed by atoms with Crippen LogP contribution in [0.25, 0.3) is 0 Å². The van der Waals surface area contributed by atoms with Crippen LogP contribution in [-0.2, 0) is 5.88 Å². The van der Waals surface area contributed by atoms with E-state index in [1.165, 1.54) is 0 Å². The van der Waals surface area contributed by atoms with Gasteiger partial charge in [-0.05, 0) is 34.5 Å². The first kappa shape index (κ1) is 12.3. The number of hydrogen-bond donors (Lipinski definition) is 0. The molecule has 0 atom stereocenters. The Morgan fingerprint density at radius 1 is 1.35 bits per heavy atom. The van der Waals surface area contributed by atoms with Gasteiger partial charge < -0.3 is 4.74 Å². The van der Waals surface area contributed by atoms with E-state index < -0.39 is 0 Å². The van der Waals surface area contributed by atoms with Gasteiger partial charge in [0, 0.05) is 28.3 Å². The first-order chi connectivity index (χ1) is 8.19. The van der Waals surface area contributed by atoms with E-state index in [1.807, 2.05) is 19.1 Å². The van der Waals surface area contributed by atoms with Crippen molar-refractivity contribution in [2.75, 3.05) is 0 Å². The Hall–Kier alpha value is -1.13. The van der Waals surface area contributed by atoms with Crippen LogP contribution in [0.2, 0.25) is 0 Å². The SMILES string of the molecule is Cc1nc(Oc2cncc(Br)c2)ccc1CCl. The van der Waals surface area contributed by atoms with Crippen molar-refractivity contribution >= 4 is 27.5 Å². The number of nitrogens with zero attached hydrogens (tertiary/aromatic N) is 2. The molecule has 17 heavy (non-hydrogen) atoms. The molecule has 0 N–H and O–H groups in total. The van der Waals surface area contributed by atoms with E-state index in [-0.39, 0.29) is 0 Å². The van der Waals surface area contributed by atoms with E-state index in [1.54, 1.807) is 18.5 Å². The average molecular weight is 314 g/mol. The Morgan fingerprint density at radius 3 is 2.82 bits per heavy atom. The van der Waals surface area contributed by atoms with Gasteiger partial charge >= 0.3 is 0 Å². The topological polar surface area (TPSA) is 35.0 Å². The molecule has 2 heterocycles. The van der Waals surface area contributed by atoms with Crippen LogP contribution >= 0.6 is 27.5 Å². The highest BCUT2D eigenvalue weighted by Gasteiger charge is 2.03. The van der Waals surface area contributed by atoms with Crippen LogP contribution in [-0.4, -0.2) is 9.97 Å². The summed E-state index contributed by atoms with van der Waals surface area (Å²) in [6, 6.07) is 5.54. The molecule has 3 nitrogen and oxygen atoms in total. The van der Waals surface area contributed by atoms with E-state index >= 15 is 0 Å². The molecule has 0 aliphatic rings. The second kappa shape index (κ2) is 5.47. The molecule has 0 spiro atoms. The molecule has 5 heteroatoms. The zero-order valence-electron chi connectivity index (χ0n) is 9.15. The first-order valence-electron chi connectivity index (χ1n) is 5.00. The number of aromatic nitrogens is 2. The summed E-state index contributed by atoms with van der Waals surface area (Å²) in [4.78, 5) is 8.33. The van der Waals surface area contributed by atoms with Crippen LogP contribution in [0, 0.1) is 6.92 Å². The number of aryl methyl sites for hydroxylation is 1. The lowest BCUT2D eigenvalue weighted by Gasteiger charge is -2.07. The molecule has 0 radical (unpaired) electrons. The maximum absolute atomic E-state index is 5.77. The second-order valence-corrected chi connectivity index (χ2v) is 4.65.